The molecule has 0 amide bonds. The molecule has 90 valence electrons. The molecule has 1 aromatic carbocycles. The second kappa shape index (κ2) is 4.50. The molecule has 0 bridgehead atoms. The summed E-state index contributed by atoms with van der Waals surface area (Å²) in [5.74, 6) is 0.192. The van der Waals surface area contributed by atoms with E-state index in [1.807, 2.05) is 6.92 Å². The van der Waals surface area contributed by atoms with Crippen LogP contribution in [0.25, 0.3) is 0 Å². The van der Waals surface area contributed by atoms with E-state index in [4.69, 9.17) is 0 Å². The van der Waals surface area contributed by atoms with Crippen LogP contribution in [0.3, 0.4) is 0 Å². The highest BCUT2D eigenvalue weighted by atomic mass is 79.9. The summed E-state index contributed by atoms with van der Waals surface area (Å²) in [5, 5.41) is 0. The third-order valence-electron chi connectivity index (χ3n) is 2.11. The molecule has 17 heavy (non-hydrogen) atoms. The fourth-order valence-corrected chi connectivity index (χ4v) is 3.50. The molecule has 0 aliphatic carbocycles. The molecule has 0 unspecified atom stereocenters. The number of imidazole rings is 1. The Balaban J connectivity index is 2.38. The van der Waals surface area contributed by atoms with Gasteiger partial charge >= 0.3 is 0 Å². The number of nitrogens with one attached hydrogen (secondary N) is 2. The molecular formula is C10H10BrN3O2S. The second-order valence-electron chi connectivity index (χ2n) is 3.48. The Morgan fingerprint density at radius 1 is 1.41 bits per heavy atom. The van der Waals surface area contributed by atoms with Crippen LogP contribution in [0.5, 0.6) is 0 Å². The smallest absolute Gasteiger partial charge is 0.265 e. The molecule has 2 N–H and O–H groups in total. The predicted molar refractivity (Wildman–Crippen MR) is 68.3 cm³/mol. The number of aromatic nitrogens is 2. The lowest BCUT2D eigenvalue weighted by Crippen LogP contribution is -2.14. The van der Waals surface area contributed by atoms with Crippen LogP contribution in [0, 0.1) is 6.92 Å². The summed E-state index contributed by atoms with van der Waals surface area (Å²) in [6, 6.07) is 5.03. The molecule has 0 spiro atoms. The van der Waals surface area contributed by atoms with Gasteiger partial charge in [0.25, 0.3) is 10.0 Å². The van der Waals surface area contributed by atoms with Gasteiger partial charge in [-0.2, -0.15) is 0 Å². The van der Waals surface area contributed by atoms with Crippen molar-refractivity contribution in [1.82, 2.24) is 9.97 Å². The summed E-state index contributed by atoms with van der Waals surface area (Å²) in [5.41, 5.74) is 0.980. The van der Waals surface area contributed by atoms with Crippen LogP contribution in [0.2, 0.25) is 0 Å². The van der Waals surface area contributed by atoms with Crippen molar-refractivity contribution in [3.05, 3.63) is 40.6 Å². The molecule has 1 heterocycles. The Bertz CT molecular complexity index is 623. The Kier molecular flexibility index (Phi) is 3.21. The monoisotopic (exact) mass is 315 g/mol. The molecule has 1 aromatic heterocycles. The SMILES string of the molecule is Cc1ccc(S(=O)(=O)Nc2ncc[nH]2)c(Br)c1. The van der Waals surface area contributed by atoms with E-state index in [0.29, 0.717) is 4.47 Å². The van der Waals surface area contributed by atoms with Gasteiger partial charge < -0.3 is 4.98 Å². The Hall–Kier alpha value is -1.34. The topological polar surface area (TPSA) is 74.8 Å². The first-order valence-corrected chi connectivity index (χ1v) is 7.05. The third-order valence-corrected chi connectivity index (χ3v) is 4.42. The lowest BCUT2D eigenvalue weighted by atomic mass is 10.2. The van der Waals surface area contributed by atoms with E-state index in [2.05, 4.69) is 30.6 Å². The fourth-order valence-electron chi connectivity index (χ4n) is 1.33. The number of halogens is 1. The number of aryl methyl sites for hydroxylation is 1. The van der Waals surface area contributed by atoms with Crippen LogP contribution >= 0.6 is 15.9 Å². The Labute approximate surface area is 107 Å². The maximum absolute atomic E-state index is 12.0. The number of sulfonamides is 1. The highest BCUT2D eigenvalue weighted by molar-refractivity contribution is 9.10. The van der Waals surface area contributed by atoms with E-state index in [1.54, 1.807) is 24.4 Å². The zero-order valence-corrected chi connectivity index (χ0v) is 11.3. The number of hydrogen-bond acceptors (Lipinski definition) is 3. The number of aromatic amines is 1. The molecule has 7 heteroatoms. The number of nitrogens with zero attached hydrogens (tertiary/aromatic N) is 1. The van der Waals surface area contributed by atoms with Crippen molar-refractivity contribution in [2.45, 2.75) is 11.8 Å². The quantitative estimate of drug-likeness (QED) is 0.912. The lowest BCUT2D eigenvalue weighted by molar-refractivity contribution is 0.600. The molecule has 0 atom stereocenters. The van der Waals surface area contributed by atoms with Gasteiger partial charge in [0, 0.05) is 16.9 Å². The molecule has 0 aliphatic rings. The lowest BCUT2D eigenvalue weighted by Gasteiger charge is -2.07. The van der Waals surface area contributed by atoms with Gasteiger partial charge in [0.05, 0.1) is 0 Å². The molecule has 2 aromatic rings. The van der Waals surface area contributed by atoms with Gasteiger partial charge in [0.15, 0.2) is 0 Å². The minimum absolute atomic E-state index is 0.180. The Morgan fingerprint density at radius 2 is 2.18 bits per heavy atom. The van der Waals surface area contributed by atoms with Crippen molar-refractivity contribution in [1.29, 1.82) is 0 Å². The highest BCUT2D eigenvalue weighted by Crippen LogP contribution is 2.24. The Morgan fingerprint density at radius 3 is 2.76 bits per heavy atom. The van der Waals surface area contributed by atoms with E-state index < -0.39 is 10.0 Å². The van der Waals surface area contributed by atoms with Crippen LogP contribution in [0.1, 0.15) is 5.56 Å². The van der Waals surface area contributed by atoms with Crippen LogP contribution in [-0.4, -0.2) is 18.4 Å². The van der Waals surface area contributed by atoms with Crippen LogP contribution in [-0.2, 0) is 10.0 Å². The maximum atomic E-state index is 12.0. The van der Waals surface area contributed by atoms with Gasteiger partial charge in [-0.15, -0.1) is 0 Å². The number of rotatable bonds is 3. The number of H-pyrrole nitrogens is 1. The zero-order valence-electron chi connectivity index (χ0n) is 8.94. The zero-order chi connectivity index (χ0) is 12.5. The number of benzene rings is 1. The average Bonchev–Trinajstić information content (AvgIpc) is 2.68. The molecule has 0 fully saturated rings. The van der Waals surface area contributed by atoms with E-state index >= 15 is 0 Å². The maximum Gasteiger partial charge on any atom is 0.265 e. The van der Waals surface area contributed by atoms with Crippen LogP contribution in [0.15, 0.2) is 40.0 Å². The van der Waals surface area contributed by atoms with E-state index in [9.17, 15) is 8.42 Å². The molecule has 5 nitrogen and oxygen atoms in total. The normalized spacial score (nSPS) is 11.4. The molecular weight excluding hydrogens is 306 g/mol. The second-order valence-corrected chi connectivity index (χ2v) is 5.98. The van der Waals surface area contributed by atoms with Gasteiger partial charge in [-0.05, 0) is 40.5 Å². The summed E-state index contributed by atoms with van der Waals surface area (Å²) < 4.78 is 26.9. The van der Waals surface area contributed by atoms with Crippen molar-refractivity contribution < 1.29 is 8.42 Å². The van der Waals surface area contributed by atoms with Crippen molar-refractivity contribution in [3.63, 3.8) is 0 Å². The first-order chi connectivity index (χ1) is 7.99. The summed E-state index contributed by atoms with van der Waals surface area (Å²) in [6.45, 7) is 1.89. The van der Waals surface area contributed by atoms with Gasteiger partial charge in [-0.25, -0.2) is 18.1 Å². The van der Waals surface area contributed by atoms with Crippen molar-refractivity contribution >= 4 is 31.9 Å². The first kappa shape index (κ1) is 12.1. The molecule has 0 aliphatic heterocycles. The van der Waals surface area contributed by atoms with Gasteiger partial charge in [0.2, 0.25) is 5.95 Å². The molecule has 2 rings (SSSR count). The highest BCUT2D eigenvalue weighted by Gasteiger charge is 2.18. The largest absolute Gasteiger partial charge is 0.330 e. The van der Waals surface area contributed by atoms with E-state index in [0.717, 1.165) is 5.56 Å². The van der Waals surface area contributed by atoms with Gasteiger partial charge in [0.1, 0.15) is 4.90 Å². The van der Waals surface area contributed by atoms with Crippen molar-refractivity contribution in [2.24, 2.45) is 0 Å². The third kappa shape index (κ3) is 2.67. The van der Waals surface area contributed by atoms with Gasteiger partial charge in [-0.3, -0.25) is 0 Å². The van der Waals surface area contributed by atoms with Gasteiger partial charge in [-0.1, -0.05) is 6.07 Å². The van der Waals surface area contributed by atoms with E-state index in [1.165, 1.54) is 6.20 Å². The van der Waals surface area contributed by atoms with Crippen molar-refractivity contribution in [3.8, 4) is 0 Å². The molecule has 0 saturated carbocycles. The minimum atomic E-state index is -3.62. The number of hydrogen-bond donors (Lipinski definition) is 2. The molecule has 0 saturated heterocycles. The standard InChI is InChI=1S/C10H10BrN3O2S/c1-7-2-3-9(8(11)6-7)17(15,16)14-10-12-4-5-13-10/h2-6H,1H3,(H2,12,13,14). The average molecular weight is 316 g/mol. The first-order valence-electron chi connectivity index (χ1n) is 4.77. The predicted octanol–water partition coefficient (Wildman–Crippen LogP) is 2.28. The molecule has 0 radical (unpaired) electrons. The van der Waals surface area contributed by atoms with Crippen molar-refractivity contribution in [2.75, 3.05) is 4.72 Å². The van der Waals surface area contributed by atoms with E-state index in [-0.39, 0.29) is 10.8 Å². The number of anilines is 1. The summed E-state index contributed by atoms with van der Waals surface area (Å²) in [7, 11) is -3.62. The fraction of sp³-hybridized carbons (Fsp3) is 0.100. The summed E-state index contributed by atoms with van der Waals surface area (Å²) >= 11 is 3.24. The summed E-state index contributed by atoms with van der Waals surface area (Å²) in [6.07, 6.45) is 3.02. The minimum Gasteiger partial charge on any atom is -0.330 e. The van der Waals surface area contributed by atoms with Crippen LogP contribution in [0.4, 0.5) is 5.95 Å². The summed E-state index contributed by atoms with van der Waals surface area (Å²) in [4.78, 5) is 6.67. The van der Waals surface area contributed by atoms with Crippen LogP contribution < -0.4 is 4.72 Å².